The van der Waals surface area contributed by atoms with Gasteiger partial charge < -0.3 is 10.6 Å². The Balaban J connectivity index is 1.55. The summed E-state index contributed by atoms with van der Waals surface area (Å²) in [5.41, 5.74) is 0.174. The molecule has 2 aromatic heterocycles. The number of carbonyl (C=O) groups is 1. The zero-order chi connectivity index (χ0) is 19.7. The van der Waals surface area contributed by atoms with Crippen LogP contribution in [-0.2, 0) is 11.3 Å². The van der Waals surface area contributed by atoms with Crippen molar-refractivity contribution in [3.05, 3.63) is 39.1 Å². The van der Waals surface area contributed by atoms with Gasteiger partial charge in [0.1, 0.15) is 5.82 Å². The number of hydrogen-bond acceptors (Lipinski definition) is 5. The van der Waals surface area contributed by atoms with E-state index in [0.717, 1.165) is 19.4 Å². The summed E-state index contributed by atoms with van der Waals surface area (Å²) in [4.78, 5) is 25.1. The van der Waals surface area contributed by atoms with Crippen LogP contribution in [0.5, 0.6) is 0 Å². The minimum Gasteiger partial charge on any atom is -0.356 e. The molecule has 10 heteroatoms. The maximum atomic E-state index is 13.7. The molecule has 1 saturated heterocycles. The number of rotatable bonds is 5. The summed E-state index contributed by atoms with van der Waals surface area (Å²) in [5, 5.41) is 13.2. The lowest BCUT2D eigenvalue weighted by atomic mass is 9.99. The maximum Gasteiger partial charge on any atom is 0.262 e. The number of carbonyl (C=O) groups excluding carboxylic acids is 1. The van der Waals surface area contributed by atoms with E-state index in [1.54, 1.807) is 4.40 Å². The van der Waals surface area contributed by atoms with E-state index < -0.39 is 5.82 Å². The predicted octanol–water partition coefficient (Wildman–Crippen LogP) is 1.35. The lowest BCUT2D eigenvalue weighted by molar-refractivity contribution is -0.125. The van der Waals surface area contributed by atoms with Gasteiger partial charge in [-0.25, -0.2) is 9.49 Å². The summed E-state index contributed by atoms with van der Waals surface area (Å²) in [5.74, 6) is -0.0838. The molecule has 0 bridgehead atoms. The fourth-order valence-electron chi connectivity index (χ4n) is 3.67. The van der Waals surface area contributed by atoms with E-state index in [-0.39, 0.29) is 22.8 Å². The number of aromatic nitrogens is 4. The Hall–Kier alpha value is -2.59. The maximum absolute atomic E-state index is 13.7. The van der Waals surface area contributed by atoms with Crippen LogP contribution in [0.1, 0.15) is 19.3 Å². The molecule has 1 aliphatic heterocycles. The first-order valence-electron chi connectivity index (χ1n) is 9.34. The zero-order valence-electron chi connectivity index (χ0n) is 15.2. The number of aryl methyl sites for hydroxylation is 1. The van der Waals surface area contributed by atoms with Crippen molar-refractivity contribution in [2.24, 2.45) is 5.92 Å². The predicted molar refractivity (Wildman–Crippen MR) is 105 cm³/mol. The highest BCUT2D eigenvalue weighted by Gasteiger charge is 2.20. The molecular formula is C18H21FN6O2S. The van der Waals surface area contributed by atoms with Gasteiger partial charge >= 0.3 is 0 Å². The summed E-state index contributed by atoms with van der Waals surface area (Å²) >= 11 is 5.26. The van der Waals surface area contributed by atoms with Gasteiger partial charge in [-0.2, -0.15) is 0 Å². The molecule has 4 rings (SSSR count). The second kappa shape index (κ2) is 7.80. The van der Waals surface area contributed by atoms with Crippen molar-refractivity contribution in [2.45, 2.75) is 25.8 Å². The average molecular weight is 404 g/mol. The van der Waals surface area contributed by atoms with Gasteiger partial charge in [-0.15, -0.1) is 5.10 Å². The third kappa shape index (κ3) is 3.45. The summed E-state index contributed by atoms with van der Waals surface area (Å²) < 4.78 is 17.1. The summed E-state index contributed by atoms with van der Waals surface area (Å²) in [6.07, 6.45) is 2.43. The largest absolute Gasteiger partial charge is 0.356 e. The molecule has 0 aliphatic carbocycles. The molecule has 1 atom stereocenters. The minimum absolute atomic E-state index is 0.00325. The fourth-order valence-corrected chi connectivity index (χ4v) is 3.89. The average Bonchev–Trinajstić information content (AvgIpc) is 3.09. The van der Waals surface area contributed by atoms with Crippen molar-refractivity contribution >= 4 is 34.8 Å². The van der Waals surface area contributed by atoms with E-state index in [1.807, 2.05) is 0 Å². The normalized spacial score (nSPS) is 17.2. The monoisotopic (exact) mass is 404 g/mol. The van der Waals surface area contributed by atoms with Crippen LogP contribution in [0, 0.1) is 16.5 Å². The zero-order valence-corrected chi connectivity index (χ0v) is 16.0. The highest BCUT2D eigenvalue weighted by molar-refractivity contribution is 7.71. The number of nitrogens with one attached hydrogen (secondary N) is 3. The molecule has 3 heterocycles. The van der Waals surface area contributed by atoms with Crippen molar-refractivity contribution in [2.75, 3.05) is 19.6 Å². The van der Waals surface area contributed by atoms with Gasteiger partial charge in [0.25, 0.3) is 5.56 Å². The quantitative estimate of drug-likeness (QED) is 0.441. The lowest BCUT2D eigenvalue weighted by Gasteiger charge is -2.21. The number of fused-ring (bicyclic) bond motifs is 3. The number of amides is 1. The molecule has 1 aliphatic rings. The summed E-state index contributed by atoms with van der Waals surface area (Å²) in [7, 11) is 0. The van der Waals surface area contributed by atoms with Crippen LogP contribution in [0.2, 0.25) is 0 Å². The Morgan fingerprint density at radius 1 is 1.43 bits per heavy atom. The Morgan fingerprint density at radius 3 is 3.07 bits per heavy atom. The number of benzene rings is 1. The molecule has 3 aromatic rings. The van der Waals surface area contributed by atoms with Crippen LogP contribution in [0.15, 0.2) is 23.0 Å². The van der Waals surface area contributed by atoms with Crippen LogP contribution in [0.3, 0.4) is 0 Å². The highest BCUT2D eigenvalue weighted by Crippen LogP contribution is 2.15. The molecular weight excluding hydrogens is 383 g/mol. The van der Waals surface area contributed by atoms with Crippen molar-refractivity contribution in [1.29, 1.82) is 0 Å². The van der Waals surface area contributed by atoms with E-state index in [9.17, 15) is 14.0 Å². The molecule has 1 aromatic carbocycles. The van der Waals surface area contributed by atoms with Crippen LogP contribution in [0.25, 0.3) is 16.7 Å². The highest BCUT2D eigenvalue weighted by atomic mass is 32.1. The van der Waals surface area contributed by atoms with Crippen LogP contribution < -0.4 is 16.2 Å². The van der Waals surface area contributed by atoms with E-state index in [0.29, 0.717) is 42.1 Å². The Morgan fingerprint density at radius 2 is 2.29 bits per heavy atom. The van der Waals surface area contributed by atoms with Crippen LogP contribution in [0.4, 0.5) is 4.39 Å². The Bertz CT molecular complexity index is 1140. The van der Waals surface area contributed by atoms with Gasteiger partial charge in [-0.3, -0.25) is 18.6 Å². The summed E-state index contributed by atoms with van der Waals surface area (Å²) in [6.45, 7) is 2.43. The number of nitrogens with zero attached hydrogens (tertiary/aromatic N) is 3. The Kier molecular flexibility index (Phi) is 5.23. The van der Waals surface area contributed by atoms with Crippen LogP contribution in [-0.4, -0.2) is 44.7 Å². The molecule has 0 saturated carbocycles. The third-order valence-corrected chi connectivity index (χ3v) is 5.37. The second-order valence-corrected chi connectivity index (χ2v) is 7.36. The number of hydrogen-bond donors (Lipinski definition) is 3. The van der Waals surface area contributed by atoms with Crippen molar-refractivity contribution in [3.8, 4) is 0 Å². The van der Waals surface area contributed by atoms with Crippen LogP contribution >= 0.6 is 12.2 Å². The number of halogens is 1. The minimum atomic E-state index is -0.487. The first kappa shape index (κ1) is 18.8. The van der Waals surface area contributed by atoms with E-state index >= 15 is 0 Å². The van der Waals surface area contributed by atoms with Crippen molar-refractivity contribution in [1.82, 2.24) is 29.8 Å². The molecule has 28 heavy (non-hydrogen) atoms. The van der Waals surface area contributed by atoms with Gasteiger partial charge in [0, 0.05) is 19.6 Å². The van der Waals surface area contributed by atoms with Gasteiger partial charge in [0.05, 0.1) is 16.8 Å². The molecule has 0 radical (unpaired) electrons. The van der Waals surface area contributed by atoms with E-state index in [1.165, 1.54) is 22.8 Å². The second-order valence-electron chi connectivity index (χ2n) is 6.97. The smallest absolute Gasteiger partial charge is 0.262 e. The summed E-state index contributed by atoms with van der Waals surface area (Å²) in [6, 6.07) is 4.02. The fraction of sp³-hybridized carbons (Fsp3) is 0.444. The van der Waals surface area contributed by atoms with Crippen molar-refractivity contribution < 1.29 is 9.18 Å². The molecule has 3 N–H and O–H groups in total. The number of piperidine rings is 1. The van der Waals surface area contributed by atoms with E-state index in [4.69, 9.17) is 12.2 Å². The lowest BCUT2D eigenvalue weighted by Crippen LogP contribution is -2.41. The molecule has 0 spiro atoms. The number of aromatic amines is 1. The molecule has 1 amide bonds. The third-order valence-electron chi connectivity index (χ3n) is 5.10. The van der Waals surface area contributed by atoms with Gasteiger partial charge in [0.15, 0.2) is 0 Å². The molecule has 1 fully saturated rings. The molecule has 148 valence electrons. The molecule has 1 unspecified atom stereocenters. The SMILES string of the molecule is O=C(NCCCn1c(=O)c2cc(F)ccc2n2c(=S)[nH]nc12)C1CCCNC1. The first-order chi connectivity index (χ1) is 13.6. The topological polar surface area (TPSA) is 96.2 Å². The van der Waals surface area contributed by atoms with E-state index in [2.05, 4.69) is 20.8 Å². The standard InChI is InChI=1S/C18H21FN6O2S/c19-12-4-5-14-13(9-12)16(27)24(17-22-23-18(28)25(14)17)8-2-7-21-15(26)11-3-1-6-20-10-11/h4-5,9,11,20H,1-3,6-8,10H2,(H,21,26)(H,23,28). The number of H-pyrrole nitrogens is 1. The van der Waals surface area contributed by atoms with Gasteiger partial charge in [-0.05, 0) is 56.2 Å². The van der Waals surface area contributed by atoms with Crippen molar-refractivity contribution in [3.63, 3.8) is 0 Å². The molecule has 8 nitrogen and oxygen atoms in total. The Labute approximate surface area is 164 Å². The van der Waals surface area contributed by atoms with Gasteiger partial charge in [0.2, 0.25) is 16.5 Å². The first-order valence-corrected chi connectivity index (χ1v) is 9.74. The van der Waals surface area contributed by atoms with Gasteiger partial charge in [-0.1, -0.05) is 0 Å².